The van der Waals surface area contributed by atoms with E-state index in [9.17, 15) is 4.79 Å². The summed E-state index contributed by atoms with van der Waals surface area (Å²) in [5, 5.41) is 3.61. The highest BCUT2D eigenvalue weighted by Gasteiger charge is 2.41. The minimum absolute atomic E-state index is 0.00140. The Kier molecular flexibility index (Phi) is 7.65. The van der Waals surface area contributed by atoms with Gasteiger partial charge < -0.3 is 15.0 Å². The van der Waals surface area contributed by atoms with Gasteiger partial charge in [-0.1, -0.05) is 12.8 Å². The molecular weight excluding hydrogens is 398 g/mol. The minimum atomic E-state index is -0.228. The Morgan fingerprint density at radius 1 is 1.12 bits per heavy atom. The van der Waals surface area contributed by atoms with Crippen molar-refractivity contribution in [2.45, 2.75) is 90.1 Å². The molecule has 2 saturated heterocycles. The van der Waals surface area contributed by atoms with E-state index in [1.807, 2.05) is 0 Å². The molecule has 3 aliphatic rings. The quantitative estimate of drug-likeness (QED) is 0.434. The van der Waals surface area contributed by atoms with Crippen LogP contribution in [0.3, 0.4) is 0 Å². The van der Waals surface area contributed by atoms with Gasteiger partial charge in [-0.05, 0) is 95.5 Å². The normalized spacial score (nSPS) is 24.1. The predicted octanol–water partition coefficient (Wildman–Crippen LogP) is 5.37. The fourth-order valence-corrected chi connectivity index (χ4v) is 6.47. The number of methoxy groups -OCH3 is 1. The van der Waals surface area contributed by atoms with Crippen LogP contribution in [-0.4, -0.2) is 56.2 Å². The fourth-order valence-electron chi connectivity index (χ4n) is 6.47. The van der Waals surface area contributed by atoms with Gasteiger partial charge in [-0.3, -0.25) is 9.69 Å². The van der Waals surface area contributed by atoms with Crippen molar-refractivity contribution in [2.75, 3.05) is 43.5 Å². The molecule has 5 nitrogen and oxygen atoms in total. The second-order valence-corrected chi connectivity index (χ2v) is 10.5. The summed E-state index contributed by atoms with van der Waals surface area (Å²) >= 11 is 0. The number of rotatable bonds is 8. The van der Waals surface area contributed by atoms with Gasteiger partial charge in [-0.25, -0.2) is 0 Å². The number of aryl methyl sites for hydroxylation is 1. The van der Waals surface area contributed by atoms with Crippen LogP contribution in [0.5, 0.6) is 0 Å². The highest BCUT2D eigenvalue weighted by Crippen LogP contribution is 2.43. The maximum Gasteiger partial charge on any atom is 0.311 e. The summed E-state index contributed by atoms with van der Waals surface area (Å²) in [5.41, 5.74) is 3.65. The number of carbonyl (C=O) groups excluding carboxylic acids is 1. The number of carbonyl (C=O) groups is 1. The minimum Gasteiger partial charge on any atom is -0.469 e. The third-order valence-electron chi connectivity index (χ3n) is 8.44. The van der Waals surface area contributed by atoms with Crippen LogP contribution in [0.15, 0.2) is 18.2 Å². The van der Waals surface area contributed by atoms with Gasteiger partial charge in [0, 0.05) is 43.1 Å². The number of likely N-dealkylation sites (tertiary alicyclic amines) is 1. The number of piperidine rings is 1. The van der Waals surface area contributed by atoms with E-state index in [2.05, 4.69) is 47.2 Å². The van der Waals surface area contributed by atoms with E-state index in [0.717, 1.165) is 70.2 Å². The van der Waals surface area contributed by atoms with Gasteiger partial charge in [0.2, 0.25) is 0 Å². The molecule has 4 rings (SSSR count). The van der Waals surface area contributed by atoms with Gasteiger partial charge in [0.1, 0.15) is 0 Å². The fraction of sp³-hybridized carbons (Fsp3) is 0.741. The molecule has 5 heteroatoms. The van der Waals surface area contributed by atoms with E-state index >= 15 is 0 Å². The monoisotopic (exact) mass is 441 g/mol. The molecule has 0 aromatic heterocycles. The molecule has 1 aromatic carbocycles. The van der Waals surface area contributed by atoms with E-state index in [1.54, 1.807) is 0 Å². The van der Waals surface area contributed by atoms with Crippen molar-refractivity contribution in [3.8, 4) is 0 Å². The van der Waals surface area contributed by atoms with Crippen molar-refractivity contribution < 1.29 is 9.53 Å². The van der Waals surface area contributed by atoms with Crippen LogP contribution < -0.4 is 10.2 Å². The molecule has 0 bridgehead atoms. The SMILES string of the molecule is COC(=O)C1(CCCNc2ccc(N3CCC(N4CCCC4C)CC3)cc2C)CCCC1. The van der Waals surface area contributed by atoms with Crippen molar-refractivity contribution in [2.24, 2.45) is 5.41 Å². The summed E-state index contributed by atoms with van der Waals surface area (Å²) in [7, 11) is 1.53. The lowest BCUT2D eigenvalue weighted by Gasteiger charge is -2.39. The molecule has 178 valence electrons. The summed E-state index contributed by atoms with van der Waals surface area (Å²) in [4.78, 5) is 17.6. The Labute approximate surface area is 194 Å². The molecule has 1 atom stereocenters. The Morgan fingerprint density at radius 2 is 1.88 bits per heavy atom. The number of benzene rings is 1. The standard InChI is InChI=1S/C27H43N3O2/c1-21-20-24(29-18-11-23(12-19-29)30-17-6-8-22(30)2)9-10-25(21)28-16-7-15-27(26(31)32-3)13-4-5-14-27/h9-10,20,22-23,28H,4-8,11-19H2,1-3H3. The number of esters is 1. The lowest BCUT2D eigenvalue weighted by molar-refractivity contribution is -0.153. The average Bonchev–Trinajstić information content (AvgIpc) is 3.47. The zero-order valence-corrected chi connectivity index (χ0v) is 20.5. The van der Waals surface area contributed by atoms with Gasteiger partial charge in [0.05, 0.1) is 12.5 Å². The molecule has 2 heterocycles. The summed E-state index contributed by atoms with van der Waals surface area (Å²) in [6.45, 7) is 9.13. The molecule has 1 aliphatic carbocycles. The Bertz CT molecular complexity index is 766. The number of hydrogen-bond donors (Lipinski definition) is 1. The third kappa shape index (κ3) is 5.08. The van der Waals surface area contributed by atoms with Gasteiger partial charge in [0.25, 0.3) is 0 Å². The van der Waals surface area contributed by atoms with Crippen LogP contribution >= 0.6 is 0 Å². The van der Waals surface area contributed by atoms with Gasteiger partial charge in [0.15, 0.2) is 0 Å². The topological polar surface area (TPSA) is 44.8 Å². The summed E-state index contributed by atoms with van der Waals surface area (Å²) < 4.78 is 5.12. The molecule has 2 aliphatic heterocycles. The number of ether oxygens (including phenoxy) is 1. The van der Waals surface area contributed by atoms with Crippen molar-refractivity contribution in [3.63, 3.8) is 0 Å². The Hall–Kier alpha value is -1.75. The molecule has 0 radical (unpaired) electrons. The Morgan fingerprint density at radius 3 is 2.50 bits per heavy atom. The van der Waals surface area contributed by atoms with Crippen LogP contribution in [0.1, 0.15) is 76.7 Å². The first-order valence-corrected chi connectivity index (χ1v) is 13.0. The van der Waals surface area contributed by atoms with E-state index in [1.165, 1.54) is 56.3 Å². The molecule has 1 saturated carbocycles. The molecule has 3 fully saturated rings. The first-order chi connectivity index (χ1) is 15.5. The van der Waals surface area contributed by atoms with Gasteiger partial charge in [-0.2, -0.15) is 0 Å². The lowest BCUT2D eigenvalue weighted by atomic mass is 9.81. The highest BCUT2D eigenvalue weighted by atomic mass is 16.5. The second kappa shape index (κ2) is 10.5. The van der Waals surface area contributed by atoms with Crippen molar-refractivity contribution in [3.05, 3.63) is 23.8 Å². The van der Waals surface area contributed by atoms with E-state index in [0.29, 0.717) is 0 Å². The number of nitrogens with zero attached hydrogens (tertiary/aromatic N) is 2. The summed E-state index contributed by atoms with van der Waals surface area (Å²) in [6, 6.07) is 8.41. The molecule has 0 amide bonds. The Balaban J connectivity index is 1.25. The summed E-state index contributed by atoms with van der Waals surface area (Å²) in [5.74, 6) is -0.00140. The van der Waals surface area contributed by atoms with Crippen molar-refractivity contribution in [1.29, 1.82) is 0 Å². The smallest absolute Gasteiger partial charge is 0.311 e. The molecule has 1 aromatic rings. The van der Waals surface area contributed by atoms with Crippen LogP contribution in [0.2, 0.25) is 0 Å². The zero-order valence-electron chi connectivity index (χ0n) is 20.5. The first kappa shape index (κ1) is 23.4. The maximum absolute atomic E-state index is 12.3. The number of anilines is 2. The third-order valence-corrected chi connectivity index (χ3v) is 8.44. The van der Waals surface area contributed by atoms with Crippen molar-refractivity contribution in [1.82, 2.24) is 4.90 Å². The average molecular weight is 442 g/mol. The number of nitrogens with one attached hydrogen (secondary N) is 1. The van der Waals surface area contributed by atoms with E-state index in [4.69, 9.17) is 4.74 Å². The van der Waals surface area contributed by atoms with Crippen molar-refractivity contribution >= 4 is 17.3 Å². The van der Waals surface area contributed by atoms with E-state index < -0.39 is 0 Å². The van der Waals surface area contributed by atoms with Gasteiger partial charge >= 0.3 is 5.97 Å². The molecule has 1 N–H and O–H groups in total. The molecule has 32 heavy (non-hydrogen) atoms. The highest BCUT2D eigenvalue weighted by molar-refractivity contribution is 5.77. The zero-order chi connectivity index (χ0) is 22.6. The van der Waals surface area contributed by atoms with Crippen LogP contribution in [0.4, 0.5) is 11.4 Å². The predicted molar refractivity (Wildman–Crippen MR) is 132 cm³/mol. The molecule has 1 unspecified atom stereocenters. The summed E-state index contributed by atoms with van der Waals surface area (Å²) in [6.07, 6.45) is 11.5. The largest absolute Gasteiger partial charge is 0.469 e. The number of hydrogen-bond acceptors (Lipinski definition) is 5. The molecular formula is C27H43N3O2. The second-order valence-electron chi connectivity index (χ2n) is 10.5. The van der Waals surface area contributed by atoms with Crippen LogP contribution in [0, 0.1) is 12.3 Å². The van der Waals surface area contributed by atoms with Crippen LogP contribution in [0.25, 0.3) is 0 Å². The first-order valence-electron chi connectivity index (χ1n) is 13.0. The van der Waals surface area contributed by atoms with E-state index in [-0.39, 0.29) is 11.4 Å². The van der Waals surface area contributed by atoms with Crippen LogP contribution in [-0.2, 0) is 9.53 Å². The van der Waals surface area contributed by atoms with Gasteiger partial charge in [-0.15, -0.1) is 0 Å². The molecule has 0 spiro atoms. The maximum atomic E-state index is 12.3. The lowest BCUT2D eigenvalue weighted by Crippen LogP contribution is -2.46.